The summed E-state index contributed by atoms with van der Waals surface area (Å²) in [4.78, 5) is 12.9. The SMILES string of the molecule is CCCCCOc1ccc(PC(=O)c2c(C(F)(F)F)cccc2C(F)(F)F)c(OCCCCC)c1.[Li]. The monoisotopic (exact) mass is 529 g/mol. The molecule has 0 fully saturated rings. The summed E-state index contributed by atoms with van der Waals surface area (Å²) in [6.45, 7) is 4.81. The van der Waals surface area contributed by atoms with Crippen LogP contribution in [0.3, 0.4) is 0 Å². The van der Waals surface area contributed by atoms with E-state index in [-0.39, 0.29) is 29.9 Å². The second-order valence-electron chi connectivity index (χ2n) is 7.95. The summed E-state index contributed by atoms with van der Waals surface area (Å²) in [6.07, 6.45) is -4.88. The van der Waals surface area contributed by atoms with Gasteiger partial charge in [-0.15, -0.1) is 0 Å². The van der Waals surface area contributed by atoms with E-state index in [0.717, 1.165) is 32.1 Å². The number of carbonyl (C=O) groups is 1. The first-order chi connectivity index (χ1) is 16.5. The van der Waals surface area contributed by atoms with E-state index >= 15 is 0 Å². The minimum absolute atomic E-state index is 0. The maximum atomic E-state index is 13.5. The van der Waals surface area contributed by atoms with Gasteiger partial charge in [-0.3, -0.25) is 4.79 Å². The molecule has 0 aliphatic carbocycles. The molecule has 2 rings (SSSR count). The molecule has 0 aliphatic heterocycles. The van der Waals surface area contributed by atoms with Crippen molar-refractivity contribution in [3.63, 3.8) is 0 Å². The Bertz CT molecular complexity index is 947. The molecule has 3 nitrogen and oxygen atoms in total. The second-order valence-corrected chi connectivity index (χ2v) is 9.19. The summed E-state index contributed by atoms with van der Waals surface area (Å²) in [5.41, 5.74) is -5.85. The Balaban J connectivity index is 0.00000648. The molecule has 11 heteroatoms. The fraction of sp³-hybridized carbons (Fsp3) is 0.480. The molecule has 0 aromatic heterocycles. The first kappa shape index (κ1) is 32.3. The summed E-state index contributed by atoms with van der Waals surface area (Å²) >= 11 is 0. The number of ether oxygens (including phenoxy) is 2. The fourth-order valence-corrected chi connectivity index (χ4v) is 4.42. The maximum Gasteiger partial charge on any atom is 0.417 e. The third kappa shape index (κ3) is 9.65. The topological polar surface area (TPSA) is 35.5 Å². The predicted molar refractivity (Wildman–Crippen MR) is 131 cm³/mol. The molecule has 36 heavy (non-hydrogen) atoms. The van der Waals surface area contributed by atoms with E-state index in [1.807, 2.05) is 6.92 Å². The van der Waals surface area contributed by atoms with Gasteiger partial charge in [-0.05, 0) is 45.7 Å². The zero-order chi connectivity index (χ0) is 26.1. The molecule has 1 radical (unpaired) electrons. The van der Waals surface area contributed by atoms with Gasteiger partial charge in [0.15, 0.2) is 5.52 Å². The van der Waals surface area contributed by atoms with Crippen LogP contribution in [0.5, 0.6) is 11.5 Å². The molecule has 0 spiro atoms. The van der Waals surface area contributed by atoms with Crippen LogP contribution in [0.4, 0.5) is 26.3 Å². The molecule has 0 saturated heterocycles. The van der Waals surface area contributed by atoms with Crippen molar-refractivity contribution in [3.8, 4) is 11.5 Å². The van der Waals surface area contributed by atoms with Gasteiger partial charge in [-0.1, -0.05) is 45.6 Å². The third-order valence-corrected chi connectivity index (χ3v) is 6.29. The van der Waals surface area contributed by atoms with Crippen LogP contribution < -0.4 is 14.8 Å². The number of rotatable bonds is 13. The van der Waals surface area contributed by atoms with Gasteiger partial charge >= 0.3 is 12.4 Å². The standard InChI is InChI=1S/C25H29F6O3P.Li/c1-3-5-7-14-33-17-12-13-21(20(16-17)34-15-8-6-4-2)35-23(32)22-18(24(26,27)28)10-9-11-19(22)25(29,30)31;/h9-13,16,35H,3-8,14-15H2,1-2H3;. The molecule has 195 valence electrons. The van der Waals surface area contributed by atoms with Gasteiger partial charge in [-0.2, -0.15) is 26.3 Å². The summed E-state index contributed by atoms with van der Waals surface area (Å²) < 4.78 is 92.5. The van der Waals surface area contributed by atoms with Crippen molar-refractivity contribution in [2.75, 3.05) is 13.2 Å². The van der Waals surface area contributed by atoms with Crippen LogP contribution in [0.2, 0.25) is 0 Å². The molecular weight excluding hydrogens is 500 g/mol. The molecule has 0 aliphatic rings. The van der Waals surface area contributed by atoms with Crippen LogP contribution in [0.1, 0.15) is 73.9 Å². The summed E-state index contributed by atoms with van der Waals surface area (Å²) in [7, 11) is -1.00. The number of hydrogen-bond acceptors (Lipinski definition) is 3. The second kappa shape index (κ2) is 14.9. The zero-order valence-electron chi connectivity index (χ0n) is 20.6. The molecule has 0 heterocycles. The van der Waals surface area contributed by atoms with Gasteiger partial charge in [0.25, 0.3) is 0 Å². The quantitative estimate of drug-likeness (QED) is 0.116. The molecule has 0 N–H and O–H groups in total. The van der Waals surface area contributed by atoms with Crippen molar-refractivity contribution in [1.82, 2.24) is 0 Å². The average Bonchev–Trinajstić information content (AvgIpc) is 2.79. The molecule has 2 aromatic carbocycles. The Labute approximate surface area is 221 Å². The van der Waals surface area contributed by atoms with Crippen molar-refractivity contribution in [2.24, 2.45) is 0 Å². The maximum absolute atomic E-state index is 13.5. The molecule has 1 atom stereocenters. The van der Waals surface area contributed by atoms with E-state index in [0.29, 0.717) is 43.6 Å². The zero-order valence-corrected chi connectivity index (χ0v) is 21.6. The van der Waals surface area contributed by atoms with Gasteiger partial charge < -0.3 is 9.47 Å². The molecule has 0 saturated carbocycles. The Morgan fingerprint density at radius 2 is 1.33 bits per heavy atom. The van der Waals surface area contributed by atoms with Crippen molar-refractivity contribution in [3.05, 3.63) is 53.1 Å². The number of unbranched alkanes of at least 4 members (excludes halogenated alkanes) is 4. The largest absolute Gasteiger partial charge is 0.493 e. The molecule has 1 unspecified atom stereocenters. The Morgan fingerprint density at radius 1 is 0.806 bits per heavy atom. The average molecular weight is 529 g/mol. The van der Waals surface area contributed by atoms with E-state index in [9.17, 15) is 31.1 Å². The van der Waals surface area contributed by atoms with Crippen LogP contribution in [0.15, 0.2) is 36.4 Å². The van der Waals surface area contributed by atoms with Gasteiger partial charge in [0.2, 0.25) is 0 Å². The van der Waals surface area contributed by atoms with E-state index in [4.69, 9.17) is 9.47 Å². The predicted octanol–water partition coefficient (Wildman–Crippen LogP) is 7.63. The minimum atomic E-state index is -5.12. The Morgan fingerprint density at radius 3 is 1.83 bits per heavy atom. The van der Waals surface area contributed by atoms with Crippen molar-refractivity contribution >= 4 is 38.3 Å². The molecule has 0 amide bonds. The molecule has 0 bridgehead atoms. The normalized spacial score (nSPS) is 12.0. The van der Waals surface area contributed by atoms with E-state index in [2.05, 4.69) is 6.92 Å². The van der Waals surface area contributed by atoms with Crippen molar-refractivity contribution < 1.29 is 40.6 Å². The number of halogens is 6. The van der Waals surface area contributed by atoms with Crippen molar-refractivity contribution in [2.45, 2.75) is 64.7 Å². The first-order valence-electron chi connectivity index (χ1n) is 11.5. The van der Waals surface area contributed by atoms with Crippen molar-refractivity contribution in [1.29, 1.82) is 0 Å². The van der Waals surface area contributed by atoms with E-state index in [1.54, 1.807) is 6.07 Å². The van der Waals surface area contributed by atoms with Gasteiger partial charge in [-0.25, -0.2) is 0 Å². The summed E-state index contributed by atoms with van der Waals surface area (Å²) in [5.74, 6) is 0.679. The summed E-state index contributed by atoms with van der Waals surface area (Å²) in [5, 5.41) is 0.220. The number of benzene rings is 2. The number of alkyl halides is 6. The molecule has 2 aromatic rings. The summed E-state index contributed by atoms with van der Waals surface area (Å²) in [6, 6.07) is 6.17. The van der Waals surface area contributed by atoms with Crippen LogP contribution in [-0.2, 0) is 12.4 Å². The fourth-order valence-electron chi connectivity index (χ4n) is 3.35. The number of carbonyl (C=O) groups excluding carboxylic acids is 1. The minimum Gasteiger partial charge on any atom is -0.493 e. The molecular formula is C25H29F6LiO3P. The van der Waals surface area contributed by atoms with Crippen LogP contribution in [0.25, 0.3) is 0 Å². The third-order valence-electron chi connectivity index (χ3n) is 5.13. The van der Waals surface area contributed by atoms with Crippen LogP contribution in [-0.4, -0.2) is 37.6 Å². The van der Waals surface area contributed by atoms with E-state index < -0.39 is 43.1 Å². The van der Waals surface area contributed by atoms with Gasteiger partial charge in [0.1, 0.15) is 11.5 Å². The Hall–Kier alpha value is -1.68. The van der Waals surface area contributed by atoms with Crippen LogP contribution in [0, 0.1) is 0 Å². The Kier molecular flexibility index (Phi) is 13.4. The number of hydrogen-bond donors (Lipinski definition) is 0. The van der Waals surface area contributed by atoms with E-state index in [1.165, 1.54) is 12.1 Å². The smallest absolute Gasteiger partial charge is 0.417 e. The first-order valence-corrected chi connectivity index (χ1v) is 12.5. The van der Waals surface area contributed by atoms with Gasteiger partial charge in [0.05, 0.1) is 24.3 Å². The van der Waals surface area contributed by atoms with Gasteiger partial charge in [0, 0.05) is 35.8 Å². The van der Waals surface area contributed by atoms with Crippen LogP contribution >= 0.6 is 8.58 Å².